The van der Waals surface area contributed by atoms with Crippen LogP contribution in [0.4, 0.5) is 0 Å². The highest BCUT2D eigenvalue weighted by Gasteiger charge is 2.24. The van der Waals surface area contributed by atoms with E-state index in [0.717, 1.165) is 69.5 Å². The Hall–Kier alpha value is -3.50. The molecule has 4 heteroatoms. The van der Waals surface area contributed by atoms with E-state index in [1.54, 1.807) is 0 Å². The van der Waals surface area contributed by atoms with E-state index in [1.807, 2.05) is 24.3 Å². The van der Waals surface area contributed by atoms with Gasteiger partial charge in [0.05, 0.1) is 24.3 Å². The number of rotatable bonds is 16. The zero-order chi connectivity index (χ0) is 26.7. The molecule has 0 fully saturated rings. The molecule has 0 radical (unpaired) electrons. The number of nitriles is 2. The summed E-state index contributed by atoms with van der Waals surface area (Å²) in [7, 11) is 0. The van der Waals surface area contributed by atoms with Crippen LogP contribution in [0, 0.1) is 22.7 Å². The molecule has 0 atom stereocenters. The Balaban J connectivity index is 1.74. The number of hydrogen-bond donors (Lipinski definition) is 0. The number of ether oxygens (including phenoxy) is 2. The van der Waals surface area contributed by atoms with Crippen molar-refractivity contribution in [3.05, 3.63) is 47.5 Å². The first-order valence-corrected chi connectivity index (χ1v) is 14.6. The summed E-state index contributed by atoms with van der Waals surface area (Å²) in [5.41, 5.74) is 0.862. The van der Waals surface area contributed by atoms with Gasteiger partial charge in [-0.2, -0.15) is 10.5 Å². The minimum absolute atomic E-state index is 0.431. The van der Waals surface area contributed by atoms with E-state index in [4.69, 9.17) is 9.47 Å². The Bertz CT molecular complexity index is 1320. The van der Waals surface area contributed by atoms with Gasteiger partial charge in [0.1, 0.15) is 12.1 Å². The van der Waals surface area contributed by atoms with Gasteiger partial charge in [0.25, 0.3) is 0 Å². The minimum Gasteiger partial charge on any atom is -0.489 e. The molecular formula is C34H40N2O2. The molecule has 0 aliphatic carbocycles. The lowest BCUT2D eigenvalue weighted by Gasteiger charge is -2.21. The van der Waals surface area contributed by atoms with Crippen LogP contribution in [0.25, 0.3) is 32.3 Å². The maximum atomic E-state index is 10.0. The normalized spacial score (nSPS) is 11.3. The molecule has 0 saturated carbocycles. The number of nitrogens with zero attached hydrogens (tertiary/aromatic N) is 2. The van der Waals surface area contributed by atoms with E-state index in [9.17, 15) is 10.5 Å². The summed E-state index contributed by atoms with van der Waals surface area (Å²) in [6.07, 6.45) is 14.4. The topological polar surface area (TPSA) is 66.0 Å². The van der Waals surface area contributed by atoms with Crippen LogP contribution < -0.4 is 9.47 Å². The maximum Gasteiger partial charge on any atom is 0.169 e. The van der Waals surface area contributed by atoms with Gasteiger partial charge in [-0.15, -0.1) is 0 Å². The Labute approximate surface area is 227 Å². The summed E-state index contributed by atoms with van der Waals surface area (Å²) in [6, 6.07) is 16.6. The molecule has 0 aromatic heterocycles. The average Bonchev–Trinajstić information content (AvgIpc) is 2.95. The molecule has 0 heterocycles. The SMILES string of the molecule is CCCCCCCCOc1c(OCCCCCCCC)c2cccc3c(C#N)c(C#N)c4cccc1c4c32. The van der Waals surface area contributed by atoms with Crippen LogP contribution in [0.1, 0.15) is 102 Å². The molecule has 198 valence electrons. The lowest BCUT2D eigenvalue weighted by Crippen LogP contribution is -2.05. The second-order valence-electron chi connectivity index (χ2n) is 10.3. The van der Waals surface area contributed by atoms with Gasteiger partial charge in [0, 0.05) is 32.3 Å². The summed E-state index contributed by atoms with van der Waals surface area (Å²) >= 11 is 0. The number of hydrogen-bond acceptors (Lipinski definition) is 4. The van der Waals surface area contributed by atoms with E-state index >= 15 is 0 Å². The Morgan fingerprint density at radius 1 is 0.526 bits per heavy atom. The van der Waals surface area contributed by atoms with Crippen LogP contribution in [0.2, 0.25) is 0 Å². The lowest BCUT2D eigenvalue weighted by molar-refractivity contribution is 0.263. The van der Waals surface area contributed by atoms with Gasteiger partial charge in [-0.25, -0.2) is 0 Å². The molecule has 4 aromatic rings. The summed E-state index contributed by atoms with van der Waals surface area (Å²) in [5.74, 6) is 1.53. The van der Waals surface area contributed by atoms with Crippen molar-refractivity contribution < 1.29 is 9.47 Å². The van der Waals surface area contributed by atoms with Gasteiger partial charge < -0.3 is 9.47 Å². The zero-order valence-corrected chi connectivity index (χ0v) is 23.1. The molecule has 0 spiro atoms. The van der Waals surface area contributed by atoms with Crippen molar-refractivity contribution in [2.24, 2.45) is 0 Å². The fourth-order valence-electron chi connectivity index (χ4n) is 5.58. The fraction of sp³-hybridized carbons (Fsp3) is 0.471. The average molecular weight is 509 g/mol. The third-order valence-corrected chi connectivity index (χ3v) is 7.58. The van der Waals surface area contributed by atoms with E-state index in [0.29, 0.717) is 24.3 Å². The van der Waals surface area contributed by atoms with Crippen molar-refractivity contribution in [3.8, 4) is 23.6 Å². The van der Waals surface area contributed by atoms with E-state index < -0.39 is 0 Å². The summed E-state index contributed by atoms with van der Waals surface area (Å²) in [4.78, 5) is 0. The largest absolute Gasteiger partial charge is 0.489 e. The molecule has 0 aliphatic heterocycles. The molecule has 4 rings (SSSR count). The fourth-order valence-corrected chi connectivity index (χ4v) is 5.58. The predicted molar refractivity (Wildman–Crippen MR) is 157 cm³/mol. The second kappa shape index (κ2) is 13.9. The quantitative estimate of drug-likeness (QED) is 0.112. The van der Waals surface area contributed by atoms with Crippen LogP contribution in [0.5, 0.6) is 11.5 Å². The molecule has 0 aliphatic rings. The monoisotopic (exact) mass is 508 g/mol. The van der Waals surface area contributed by atoms with Crippen LogP contribution in [0.3, 0.4) is 0 Å². The standard InChI is InChI=1S/C34H40N2O2/c1-3-5-7-9-11-13-21-37-33-27-19-15-17-25-29(23-35)30(24-36)26-18-16-20-28(32(26)31(25)27)34(33)38-22-14-12-10-8-6-4-2/h15-20H,3-14,21-22H2,1-2H3. The first-order chi connectivity index (χ1) is 18.8. The third-order valence-electron chi connectivity index (χ3n) is 7.58. The molecule has 0 amide bonds. The van der Waals surface area contributed by atoms with Gasteiger partial charge in [-0.3, -0.25) is 0 Å². The first-order valence-electron chi connectivity index (χ1n) is 14.6. The molecule has 0 saturated heterocycles. The van der Waals surface area contributed by atoms with Crippen molar-refractivity contribution in [2.75, 3.05) is 13.2 Å². The highest BCUT2D eigenvalue weighted by Crippen LogP contribution is 2.49. The molecule has 0 N–H and O–H groups in total. The molecule has 38 heavy (non-hydrogen) atoms. The van der Waals surface area contributed by atoms with Crippen LogP contribution in [-0.2, 0) is 0 Å². The van der Waals surface area contributed by atoms with Crippen molar-refractivity contribution in [3.63, 3.8) is 0 Å². The summed E-state index contributed by atoms with van der Waals surface area (Å²) < 4.78 is 13.1. The van der Waals surface area contributed by atoms with Gasteiger partial charge in [0.2, 0.25) is 0 Å². The predicted octanol–water partition coefficient (Wildman–Crippen LogP) is 9.81. The van der Waals surface area contributed by atoms with Crippen LogP contribution in [0.15, 0.2) is 36.4 Å². The van der Waals surface area contributed by atoms with Crippen molar-refractivity contribution >= 4 is 32.3 Å². The zero-order valence-electron chi connectivity index (χ0n) is 23.1. The van der Waals surface area contributed by atoms with E-state index in [2.05, 4.69) is 38.1 Å². The lowest BCUT2D eigenvalue weighted by atomic mass is 9.87. The molecule has 0 unspecified atom stereocenters. The van der Waals surface area contributed by atoms with Gasteiger partial charge in [0.15, 0.2) is 11.5 Å². The first kappa shape index (κ1) is 27.5. The highest BCUT2D eigenvalue weighted by molar-refractivity contribution is 6.28. The second-order valence-corrected chi connectivity index (χ2v) is 10.3. The third kappa shape index (κ3) is 5.81. The van der Waals surface area contributed by atoms with Crippen molar-refractivity contribution in [1.82, 2.24) is 0 Å². The number of unbranched alkanes of at least 4 members (excludes halogenated alkanes) is 10. The highest BCUT2D eigenvalue weighted by atomic mass is 16.5. The van der Waals surface area contributed by atoms with E-state index in [-0.39, 0.29) is 0 Å². The molecular weight excluding hydrogens is 468 g/mol. The van der Waals surface area contributed by atoms with Gasteiger partial charge in [-0.1, -0.05) is 114 Å². The van der Waals surface area contributed by atoms with Crippen LogP contribution >= 0.6 is 0 Å². The van der Waals surface area contributed by atoms with Crippen molar-refractivity contribution in [1.29, 1.82) is 10.5 Å². The summed E-state index contributed by atoms with van der Waals surface area (Å²) in [6.45, 7) is 5.74. The maximum absolute atomic E-state index is 10.0. The van der Waals surface area contributed by atoms with E-state index in [1.165, 1.54) is 51.4 Å². The minimum atomic E-state index is 0.431. The molecule has 4 nitrogen and oxygen atoms in total. The van der Waals surface area contributed by atoms with Gasteiger partial charge in [-0.05, 0) is 12.8 Å². The van der Waals surface area contributed by atoms with Gasteiger partial charge >= 0.3 is 0 Å². The molecule has 0 bridgehead atoms. The Kier molecular flexibility index (Phi) is 10.1. The Morgan fingerprint density at radius 3 is 1.29 bits per heavy atom. The van der Waals surface area contributed by atoms with Crippen LogP contribution in [-0.4, -0.2) is 13.2 Å². The summed E-state index contributed by atoms with van der Waals surface area (Å²) in [5, 5.41) is 25.5. The smallest absolute Gasteiger partial charge is 0.169 e. The molecule has 4 aromatic carbocycles. The number of benzene rings is 4. The Morgan fingerprint density at radius 2 is 0.895 bits per heavy atom. The van der Waals surface area contributed by atoms with Crippen molar-refractivity contribution in [2.45, 2.75) is 90.9 Å².